The van der Waals surface area contributed by atoms with Gasteiger partial charge in [0.05, 0.1) is 4.88 Å². The molecule has 0 spiro atoms. The quantitative estimate of drug-likeness (QED) is 0.758. The fraction of sp³-hybridized carbons (Fsp3) is 0. The van der Waals surface area contributed by atoms with Gasteiger partial charge >= 0.3 is 0 Å². The molecule has 0 aliphatic rings. The highest BCUT2D eigenvalue weighted by Crippen LogP contribution is 2.32. The maximum absolute atomic E-state index is 10.7. The summed E-state index contributed by atoms with van der Waals surface area (Å²) in [6.45, 7) is 0. The third kappa shape index (κ3) is 1.82. The Morgan fingerprint density at radius 2 is 2.27 bits per heavy atom. The largest absolute Gasteiger partial charge is 0.508 e. The molecular formula is C10H8N2O2S. The number of rotatable bonds is 2. The molecule has 2 rings (SSSR count). The molecular weight excluding hydrogens is 212 g/mol. The van der Waals surface area contributed by atoms with Gasteiger partial charge in [-0.1, -0.05) is 23.5 Å². The summed E-state index contributed by atoms with van der Waals surface area (Å²) in [5, 5.41) is 9.65. The van der Waals surface area contributed by atoms with Gasteiger partial charge in [0.15, 0.2) is 11.4 Å². The normalized spacial score (nSPS) is 10.1. The van der Waals surface area contributed by atoms with E-state index in [-0.39, 0.29) is 5.75 Å². The Hall–Kier alpha value is -1.88. The molecule has 2 aromatic rings. The molecule has 76 valence electrons. The minimum Gasteiger partial charge on any atom is -0.508 e. The highest BCUT2D eigenvalue weighted by atomic mass is 32.1. The predicted octanol–water partition coefficient (Wildman–Crippen LogP) is 1.91. The Bertz CT molecular complexity index is 508. The second-order valence-corrected chi connectivity index (χ2v) is 3.97. The van der Waals surface area contributed by atoms with Gasteiger partial charge in [0.1, 0.15) is 11.4 Å². The van der Waals surface area contributed by atoms with E-state index >= 15 is 0 Å². The van der Waals surface area contributed by atoms with Gasteiger partial charge in [0.2, 0.25) is 0 Å². The molecule has 0 fully saturated rings. The molecule has 0 saturated carbocycles. The standard InChI is InChI=1S/C10H8N2O2S/c11-10-12-8(5-13)9(15-10)6-2-1-3-7(14)4-6/h1-5,14H,(H2,11,12). The summed E-state index contributed by atoms with van der Waals surface area (Å²) in [7, 11) is 0. The fourth-order valence-electron chi connectivity index (χ4n) is 1.28. The van der Waals surface area contributed by atoms with Gasteiger partial charge in [-0.15, -0.1) is 0 Å². The van der Waals surface area contributed by atoms with Crippen molar-refractivity contribution in [2.75, 3.05) is 5.73 Å². The number of nitrogen functional groups attached to an aromatic ring is 1. The number of aromatic hydroxyl groups is 1. The number of thiazole rings is 1. The molecule has 1 heterocycles. The van der Waals surface area contributed by atoms with Crippen molar-refractivity contribution in [1.29, 1.82) is 0 Å². The van der Waals surface area contributed by atoms with E-state index in [1.54, 1.807) is 24.3 Å². The Kier molecular flexibility index (Phi) is 2.39. The number of phenols is 1. The number of anilines is 1. The average Bonchev–Trinajstić information content (AvgIpc) is 2.59. The van der Waals surface area contributed by atoms with Crippen molar-refractivity contribution < 1.29 is 9.90 Å². The van der Waals surface area contributed by atoms with Crippen LogP contribution in [0.25, 0.3) is 10.4 Å². The molecule has 0 radical (unpaired) electrons. The molecule has 0 aliphatic carbocycles. The van der Waals surface area contributed by atoms with Gasteiger partial charge < -0.3 is 10.8 Å². The average molecular weight is 220 g/mol. The Morgan fingerprint density at radius 3 is 2.93 bits per heavy atom. The number of hydrogen-bond acceptors (Lipinski definition) is 5. The SMILES string of the molecule is Nc1nc(C=O)c(-c2cccc(O)c2)s1. The lowest BCUT2D eigenvalue weighted by atomic mass is 10.1. The molecule has 0 aliphatic heterocycles. The number of hydrogen-bond donors (Lipinski definition) is 2. The Balaban J connectivity index is 2.57. The van der Waals surface area contributed by atoms with Crippen LogP contribution >= 0.6 is 11.3 Å². The molecule has 1 aromatic carbocycles. The minimum absolute atomic E-state index is 0.149. The van der Waals surface area contributed by atoms with Crippen LogP contribution in [0.5, 0.6) is 5.75 Å². The van der Waals surface area contributed by atoms with Crippen LogP contribution in [0.4, 0.5) is 5.13 Å². The van der Waals surface area contributed by atoms with Crippen molar-refractivity contribution >= 4 is 22.8 Å². The number of nitrogens with two attached hydrogens (primary N) is 1. The van der Waals surface area contributed by atoms with Crippen molar-refractivity contribution in [3.05, 3.63) is 30.0 Å². The maximum Gasteiger partial charge on any atom is 0.181 e. The number of aldehydes is 1. The van der Waals surface area contributed by atoms with E-state index in [0.29, 0.717) is 22.0 Å². The van der Waals surface area contributed by atoms with Gasteiger partial charge in [-0.2, -0.15) is 0 Å². The molecule has 0 amide bonds. The lowest BCUT2D eigenvalue weighted by Gasteiger charge is -1.98. The summed E-state index contributed by atoms with van der Waals surface area (Å²) >= 11 is 1.23. The molecule has 15 heavy (non-hydrogen) atoms. The number of phenolic OH excluding ortho intramolecular Hbond substituents is 1. The van der Waals surface area contributed by atoms with Crippen LogP contribution in [-0.2, 0) is 0 Å². The number of benzene rings is 1. The minimum atomic E-state index is 0.149. The molecule has 3 N–H and O–H groups in total. The summed E-state index contributed by atoms with van der Waals surface area (Å²) in [6, 6.07) is 6.63. The van der Waals surface area contributed by atoms with Crippen molar-refractivity contribution in [2.24, 2.45) is 0 Å². The third-order valence-corrected chi connectivity index (χ3v) is 2.84. The molecule has 5 heteroatoms. The number of nitrogens with zero attached hydrogens (tertiary/aromatic N) is 1. The second-order valence-electron chi connectivity index (χ2n) is 2.93. The number of aromatic nitrogens is 1. The summed E-state index contributed by atoms with van der Waals surface area (Å²) in [5.74, 6) is 0.149. The lowest BCUT2D eigenvalue weighted by molar-refractivity contribution is 0.112. The van der Waals surface area contributed by atoms with Crippen LogP contribution in [0.2, 0.25) is 0 Å². The van der Waals surface area contributed by atoms with Crippen molar-refractivity contribution in [3.8, 4) is 16.2 Å². The zero-order valence-electron chi connectivity index (χ0n) is 7.68. The number of carbonyl (C=O) groups is 1. The first-order chi connectivity index (χ1) is 7.20. The van der Waals surface area contributed by atoms with E-state index in [1.807, 2.05) is 0 Å². The smallest absolute Gasteiger partial charge is 0.181 e. The maximum atomic E-state index is 10.7. The highest BCUT2D eigenvalue weighted by Gasteiger charge is 2.10. The third-order valence-electron chi connectivity index (χ3n) is 1.89. The molecule has 1 aromatic heterocycles. The van der Waals surface area contributed by atoms with Gasteiger partial charge in [0.25, 0.3) is 0 Å². The summed E-state index contributed by atoms with van der Waals surface area (Å²) < 4.78 is 0. The summed E-state index contributed by atoms with van der Waals surface area (Å²) in [4.78, 5) is 15.3. The zero-order chi connectivity index (χ0) is 10.8. The lowest BCUT2D eigenvalue weighted by Crippen LogP contribution is -1.85. The molecule has 4 nitrogen and oxygen atoms in total. The van der Waals surface area contributed by atoms with Crippen LogP contribution in [0.15, 0.2) is 24.3 Å². The second kappa shape index (κ2) is 3.70. The van der Waals surface area contributed by atoms with E-state index in [0.717, 1.165) is 5.56 Å². The summed E-state index contributed by atoms with van der Waals surface area (Å²) in [5.41, 5.74) is 6.57. The van der Waals surface area contributed by atoms with E-state index in [1.165, 1.54) is 11.3 Å². The van der Waals surface area contributed by atoms with Crippen molar-refractivity contribution in [1.82, 2.24) is 4.98 Å². The molecule has 0 bridgehead atoms. The van der Waals surface area contributed by atoms with Gasteiger partial charge in [-0.3, -0.25) is 4.79 Å². The highest BCUT2D eigenvalue weighted by molar-refractivity contribution is 7.19. The Morgan fingerprint density at radius 1 is 1.47 bits per heavy atom. The van der Waals surface area contributed by atoms with Crippen LogP contribution in [0, 0.1) is 0 Å². The van der Waals surface area contributed by atoms with Crippen molar-refractivity contribution in [3.63, 3.8) is 0 Å². The predicted molar refractivity (Wildman–Crippen MR) is 59.0 cm³/mol. The topological polar surface area (TPSA) is 76.2 Å². The van der Waals surface area contributed by atoms with Gasteiger partial charge in [-0.05, 0) is 17.7 Å². The zero-order valence-corrected chi connectivity index (χ0v) is 8.49. The van der Waals surface area contributed by atoms with E-state index in [9.17, 15) is 9.90 Å². The Labute approximate surface area is 90.0 Å². The molecule has 0 atom stereocenters. The van der Waals surface area contributed by atoms with E-state index < -0.39 is 0 Å². The van der Waals surface area contributed by atoms with Crippen LogP contribution in [0.1, 0.15) is 10.5 Å². The number of carbonyl (C=O) groups excluding carboxylic acids is 1. The first kappa shape index (κ1) is 9.67. The van der Waals surface area contributed by atoms with Crippen LogP contribution in [0.3, 0.4) is 0 Å². The van der Waals surface area contributed by atoms with Gasteiger partial charge in [0, 0.05) is 0 Å². The van der Waals surface area contributed by atoms with E-state index in [2.05, 4.69) is 4.98 Å². The molecule has 0 unspecified atom stereocenters. The first-order valence-electron chi connectivity index (χ1n) is 4.21. The van der Waals surface area contributed by atoms with Crippen molar-refractivity contribution in [2.45, 2.75) is 0 Å². The van der Waals surface area contributed by atoms with Crippen LogP contribution in [-0.4, -0.2) is 16.4 Å². The molecule has 0 saturated heterocycles. The van der Waals surface area contributed by atoms with Gasteiger partial charge in [-0.25, -0.2) is 4.98 Å². The summed E-state index contributed by atoms with van der Waals surface area (Å²) in [6.07, 6.45) is 0.659. The van der Waals surface area contributed by atoms with E-state index in [4.69, 9.17) is 5.73 Å². The fourth-order valence-corrected chi connectivity index (χ4v) is 2.08. The first-order valence-corrected chi connectivity index (χ1v) is 5.03. The van der Waals surface area contributed by atoms with Crippen LogP contribution < -0.4 is 5.73 Å². The monoisotopic (exact) mass is 220 g/mol.